The van der Waals surface area contributed by atoms with Crippen LogP contribution in [0.15, 0.2) is 34.2 Å². The van der Waals surface area contributed by atoms with Gasteiger partial charge in [-0.25, -0.2) is 4.98 Å². The Kier molecular flexibility index (Phi) is 4.44. The lowest BCUT2D eigenvalue weighted by Crippen LogP contribution is -2.26. The molecule has 0 N–H and O–H groups in total. The van der Waals surface area contributed by atoms with Gasteiger partial charge in [-0.15, -0.1) is 0 Å². The van der Waals surface area contributed by atoms with Crippen molar-refractivity contribution < 1.29 is 14.3 Å². The number of carbonyl (C=O) groups is 1. The molecule has 0 spiro atoms. The number of cyclic esters (lactones) is 1. The minimum Gasteiger partial charge on any atom is -0.465 e. The zero-order valence-electron chi connectivity index (χ0n) is 12.2. The van der Waals surface area contributed by atoms with Gasteiger partial charge in [0.15, 0.2) is 5.16 Å². The Bertz CT molecular complexity index is 759. The predicted molar refractivity (Wildman–Crippen MR) is 83.1 cm³/mol. The third kappa shape index (κ3) is 2.86. The van der Waals surface area contributed by atoms with Crippen molar-refractivity contribution in [1.29, 1.82) is 0 Å². The first kappa shape index (κ1) is 15.1. The Morgan fingerprint density at radius 1 is 1.41 bits per heavy atom. The Hall–Kier alpha value is -1.86. The third-order valence-corrected chi connectivity index (χ3v) is 4.72. The second kappa shape index (κ2) is 6.50. The number of hydrogen-bond donors (Lipinski definition) is 0. The summed E-state index contributed by atoms with van der Waals surface area (Å²) in [6.07, 6.45) is 0.635. The van der Waals surface area contributed by atoms with Gasteiger partial charge in [0, 0.05) is 13.5 Å². The Balaban J connectivity index is 2.05. The molecule has 22 heavy (non-hydrogen) atoms. The van der Waals surface area contributed by atoms with Gasteiger partial charge in [-0.2, -0.15) is 0 Å². The molecule has 1 aromatic heterocycles. The van der Waals surface area contributed by atoms with Crippen LogP contribution in [0.5, 0.6) is 0 Å². The number of esters is 1. The fourth-order valence-electron chi connectivity index (χ4n) is 2.33. The highest BCUT2D eigenvalue weighted by molar-refractivity contribution is 8.00. The largest absolute Gasteiger partial charge is 0.465 e. The lowest BCUT2D eigenvalue weighted by Gasteiger charge is -2.14. The first-order chi connectivity index (χ1) is 10.7. The molecule has 1 atom stereocenters. The number of para-hydroxylation sites is 1. The summed E-state index contributed by atoms with van der Waals surface area (Å²) in [5, 5.41) is 0.795. The quantitative estimate of drug-likeness (QED) is 0.613. The van der Waals surface area contributed by atoms with Gasteiger partial charge in [0.25, 0.3) is 5.56 Å². The summed E-state index contributed by atoms with van der Waals surface area (Å²) < 4.78 is 11.6. The summed E-state index contributed by atoms with van der Waals surface area (Å²) in [6, 6.07) is 7.21. The van der Waals surface area contributed by atoms with Gasteiger partial charge in [-0.1, -0.05) is 23.9 Å². The summed E-state index contributed by atoms with van der Waals surface area (Å²) in [4.78, 5) is 28.9. The maximum atomic E-state index is 12.6. The number of aromatic nitrogens is 2. The van der Waals surface area contributed by atoms with E-state index in [1.807, 2.05) is 12.1 Å². The average Bonchev–Trinajstić information content (AvgIpc) is 2.92. The Morgan fingerprint density at radius 3 is 2.95 bits per heavy atom. The zero-order valence-corrected chi connectivity index (χ0v) is 13.0. The molecular weight excluding hydrogens is 304 g/mol. The van der Waals surface area contributed by atoms with Crippen molar-refractivity contribution in [2.24, 2.45) is 0 Å². The van der Waals surface area contributed by atoms with Gasteiger partial charge in [0.05, 0.1) is 30.7 Å². The molecule has 0 saturated carbocycles. The van der Waals surface area contributed by atoms with Crippen LogP contribution in [0.2, 0.25) is 0 Å². The van der Waals surface area contributed by atoms with E-state index < -0.39 is 0 Å². The number of carbonyl (C=O) groups excluding carboxylic acids is 1. The van der Waals surface area contributed by atoms with E-state index in [4.69, 9.17) is 9.47 Å². The van der Waals surface area contributed by atoms with Crippen LogP contribution < -0.4 is 5.56 Å². The number of hydrogen-bond acceptors (Lipinski definition) is 6. The zero-order chi connectivity index (χ0) is 15.5. The fourth-order valence-corrected chi connectivity index (χ4v) is 3.41. The van der Waals surface area contributed by atoms with E-state index >= 15 is 0 Å². The third-order valence-electron chi connectivity index (χ3n) is 3.48. The second-order valence-corrected chi connectivity index (χ2v) is 6.09. The molecule has 116 valence electrons. The van der Waals surface area contributed by atoms with Crippen LogP contribution in [-0.2, 0) is 20.8 Å². The number of fused-ring (bicyclic) bond motifs is 1. The van der Waals surface area contributed by atoms with E-state index in [0.717, 1.165) is 0 Å². The number of benzene rings is 1. The van der Waals surface area contributed by atoms with Crippen molar-refractivity contribution in [1.82, 2.24) is 9.55 Å². The van der Waals surface area contributed by atoms with Crippen molar-refractivity contribution in [3.05, 3.63) is 34.6 Å². The number of methoxy groups -OCH3 is 1. The summed E-state index contributed by atoms with van der Waals surface area (Å²) in [6.45, 7) is 1.23. The Morgan fingerprint density at radius 2 is 2.23 bits per heavy atom. The van der Waals surface area contributed by atoms with E-state index in [-0.39, 0.29) is 16.8 Å². The SMILES string of the molecule is COCCn1c(S[C@H]2CCOC2=O)nc2ccccc2c1=O. The predicted octanol–water partition coefficient (Wildman–Crippen LogP) is 1.45. The molecule has 0 aliphatic carbocycles. The van der Waals surface area contributed by atoms with Crippen LogP contribution in [0, 0.1) is 0 Å². The molecule has 2 heterocycles. The lowest BCUT2D eigenvalue weighted by molar-refractivity contribution is -0.137. The van der Waals surface area contributed by atoms with Crippen LogP contribution in [0.3, 0.4) is 0 Å². The molecule has 3 rings (SSSR count). The fraction of sp³-hybridized carbons (Fsp3) is 0.400. The van der Waals surface area contributed by atoms with Crippen LogP contribution in [-0.4, -0.2) is 41.1 Å². The number of nitrogens with zero attached hydrogens (tertiary/aromatic N) is 2. The van der Waals surface area contributed by atoms with E-state index in [1.54, 1.807) is 23.8 Å². The maximum Gasteiger partial charge on any atom is 0.319 e. The van der Waals surface area contributed by atoms with E-state index in [1.165, 1.54) is 11.8 Å². The summed E-state index contributed by atoms with van der Waals surface area (Å²) in [5.41, 5.74) is 0.520. The molecule has 1 aliphatic rings. The van der Waals surface area contributed by atoms with Crippen molar-refractivity contribution in [3.8, 4) is 0 Å². The second-order valence-electron chi connectivity index (χ2n) is 4.92. The first-order valence-corrected chi connectivity index (χ1v) is 7.90. The minimum atomic E-state index is -0.304. The van der Waals surface area contributed by atoms with E-state index in [0.29, 0.717) is 42.2 Å². The van der Waals surface area contributed by atoms with Gasteiger partial charge in [-0.05, 0) is 12.1 Å². The Labute approximate surface area is 131 Å². The van der Waals surface area contributed by atoms with Gasteiger partial charge in [-0.3, -0.25) is 14.2 Å². The molecule has 0 amide bonds. The maximum absolute atomic E-state index is 12.6. The van der Waals surface area contributed by atoms with Crippen LogP contribution >= 0.6 is 11.8 Å². The highest BCUT2D eigenvalue weighted by Gasteiger charge is 2.29. The van der Waals surface area contributed by atoms with Gasteiger partial charge in [0.2, 0.25) is 0 Å². The van der Waals surface area contributed by atoms with E-state index in [9.17, 15) is 9.59 Å². The molecule has 0 radical (unpaired) electrons. The molecule has 6 nitrogen and oxygen atoms in total. The van der Waals surface area contributed by atoms with Crippen LogP contribution in [0.25, 0.3) is 10.9 Å². The van der Waals surface area contributed by atoms with Crippen molar-refractivity contribution >= 4 is 28.6 Å². The standard InChI is InChI=1S/C15H16N2O4S/c1-20-9-7-17-13(18)10-4-2-3-5-11(10)16-15(17)22-12-6-8-21-14(12)19/h2-5,12H,6-9H2,1H3/t12-/m0/s1. The monoisotopic (exact) mass is 320 g/mol. The molecule has 1 aromatic carbocycles. The molecule has 7 heteroatoms. The molecule has 1 saturated heterocycles. The average molecular weight is 320 g/mol. The van der Waals surface area contributed by atoms with Crippen LogP contribution in [0.1, 0.15) is 6.42 Å². The van der Waals surface area contributed by atoms with Gasteiger partial charge >= 0.3 is 5.97 Å². The number of rotatable bonds is 5. The lowest BCUT2D eigenvalue weighted by atomic mass is 10.2. The number of thioether (sulfide) groups is 1. The molecular formula is C15H16N2O4S. The van der Waals surface area contributed by atoms with Gasteiger partial charge in [0.1, 0.15) is 5.25 Å². The smallest absolute Gasteiger partial charge is 0.319 e. The molecule has 0 unspecified atom stereocenters. The normalized spacial score (nSPS) is 17.9. The van der Waals surface area contributed by atoms with Gasteiger partial charge < -0.3 is 9.47 Å². The van der Waals surface area contributed by atoms with Crippen LogP contribution in [0.4, 0.5) is 0 Å². The highest BCUT2D eigenvalue weighted by Crippen LogP contribution is 2.28. The van der Waals surface area contributed by atoms with E-state index in [2.05, 4.69) is 4.98 Å². The molecule has 1 aliphatic heterocycles. The van der Waals surface area contributed by atoms with Crippen molar-refractivity contribution in [2.45, 2.75) is 23.4 Å². The van der Waals surface area contributed by atoms with Crippen molar-refractivity contribution in [3.63, 3.8) is 0 Å². The van der Waals surface area contributed by atoms with Crippen molar-refractivity contribution in [2.75, 3.05) is 20.3 Å². The number of ether oxygens (including phenoxy) is 2. The minimum absolute atomic E-state index is 0.114. The molecule has 2 aromatic rings. The molecule has 1 fully saturated rings. The summed E-state index contributed by atoms with van der Waals surface area (Å²) in [5.74, 6) is -0.245. The topological polar surface area (TPSA) is 70.4 Å². The summed E-state index contributed by atoms with van der Waals surface area (Å²) >= 11 is 1.29. The molecule has 0 bridgehead atoms. The highest BCUT2D eigenvalue weighted by atomic mass is 32.2. The summed E-state index contributed by atoms with van der Waals surface area (Å²) in [7, 11) is 1.58. The first-order valence-electron chi connectivity index (χ1n) is 7.02.